The molecule has 0 saturated heterocycles. The van der Waals surface area contributed by atoms with Crippen molar-refractivity contribution in [2.75, 3.05) is 0 Å². The average molecular weight is 246 g/mol. The molecule has 17 heavy (non-hydrogen) atoms. The largest absolute Gasteiger partial charge is 0.387 e. The zero-order valence-electron chi connectivity index (χ0n) is 9.64. The third-order valence-electron chi connectivity index (χ3n) is 3.22. The van der Waals surface area contributed by atoms with Gasteiger partial charge in [-0.2, -0.15) is 4.98 Å². The topological polar surface area (TPSA) is 59.2 Å². The molecule has 1 N–H and O–H groups in total. The average Bonchev–Trinajstić information content (AvgIpc) is 2.86. The smallest absolute Gasteiger partial charge is 0.264 e. The molecule has 1 heterocycles. The van der Waals surface area contributed by atoms with Crippen molar-refractivity contribution in [2.24, 2.45) is 5.92 Å². The van der Waals surface area contributed by atoms with E-state index >= 15 is 0 Å². The van der Waals surface area contributed by atoms with Crippen LogP contribution in [0.25, 0.3) is 0 Å². The van der Waals surface area contributed by atoms with Crippen LogP contribution in [0.3, 0.4) is 0 Å². The van der Waals surface area contributed by atoms with Crippen LogP contribution in [0.4, 0.5) is 8.78 Å². The van der Waals surface area contributed by atoms with Gasteiger partial charge in [0.15, 0.2) is 5.82 Å². The van der Waals surface area contributed by atoms with Gasteiger partial charge in [0, 0.05) is 5.92 Å². The maximum Gasteiger partial charge on any atom is 0.264 e. The normalized spacial score (nSPS) is 26.6. The van der Waals surface area contributed by atoms with E-state index in [0.29, 0.717) is 11.7 Å². The molecule has 2 rings (SSSR count). The Morgan fingerprint density at radius 1 is 1.47 bits per heavy atom. The summed E-state index contributed by atoms with van der Waals surface area (Å²) in [7, 11) is 0. The molecule has 96 valence electrons. The summed E-state index contributed by atoms with van der Waals surface area (Å²) < 4.78 is 29.1. The molecule has 0 amide bonds. The van der Waals surface area contributed by atoms with Crippen molar-refractivity contribution in [2.45, 2.75) is 51.1 Å². The van der Waals surface area contributed by atoms with Gasteiger partial charge in [0.2, 0.25) is 5.89 Å². The predicted molar refractivity (Wildman–Crippen MR) is 55.8 cm³/mol. The first kappa shape index (κ1) is 12.4. The fraction of sp³-hybridized carbons (Fsp3) is 0.818. The Hall–Kier alpha value is -1.04. The molecule has 1 aromatic heterocycles. The molecule has 4 nitrogen and oxygen atoms in total. The molecule has 0 spiro atoms. The van der Waals surface area contributed by atoms with Gasteiger partial charge >= 0.3 is 0 Å². The molecule has 1 aliphatic carbocycles. The van der Waals surface area contributed by atoms with E-state index in [9.17, 15) is 8.78 Å². The van der Waals surface area contributed by atoms with Gasteiger partial charge < -0.3 is 9.63 Å². The molecule has 0 aliphatic heterocycles. The van der Waals surface area contributed by atoms with E-state index in [4.69, 9.17) is 9.63 Å². The van der Waals surface area contributed by atoms with Gasteiger partial charge in [0.25, 0.3) is 6.43 Å². The monoisotopic (exact) mass is 246 g/mol. The number of hydrogen-bond acceptors (Lipinski definition) is 4. The molecular formula is C11H16F2N2O2. The lowest BCUT2D eigenvalue weighted by Crippen LogP contribution is -2.20. The van der Waals surface area contributed by atoms with E-state index in [2.05, 4.69) is 17.1 Å². The van der Waals surface area contributed by atoms with Crippen molar-refractivity contribution in [3.63, 3.8) is 0 Å². The van der Waals surface area contributed by atoms with Crippen LogP contribution in [-0.2, 0) is 6.42 Å². The Balaban J connectivity index is 1.96. The number of halogens is 2. The zero-order valence-corrected chi connectivity index (χ0v) is 9.64. The number of rotatable bonds is 4. The Labute approximate surface area is 98.0 Å². The third-order valence-corrected chi connectivity index (χ3v) is 3.22. The summed E-state index contributed by atoms with van der Waals surface area (Å²) in [6.07, 6.45) is -1.64. The molecule has 0 bridgehead atoms. The fourth-order valence-electron chi connectivity index (χ4n) is 2.23. The Morgan fingerprint density at radius 3 is 2.82 bits per heavy atom. The van der Waals surface area contributed by atoms with Crippen molar-refractivity contribution in [3.05, 3.63) is 11.7 Å². The molecule has 0 aromatic carbocycles. The molecule has 3 unspecified atom stereocenters. The first-order valence-electron chi connectivity index (χ1n) is 5.85. The van der Waals surface area contributed by atoms with Crippen molar-refractivity contribution in [3.8, 4) is 0 Å². The van der Waals surface area contributed by atoms with Crippen molar-refractivity contribution >= 4 is 0 Å². The van der Waals surface area contributed by atoms with E-state index in [0.717, 1.165) is 19.3 Å². The molecule has 1 fully saturated rings. The lowest BCUT2D eigenvalue weighted by Gasteiger charge is -2.04. The zero-order chi connectivity index (χ0) is 12.4. The summed E-state index contributed by atoms with van der Waals surface area (Å²) in [5.74, 6) is 1.60. The summed E-state index contributed by atoms with van der Waals surface area (Å²) in [6, 6.07) is 0. The number of aromatic nitrogens is 2. The van der Waals surface area contributed by atoms with Crippen molar-refractivity contribution in [1.82, 2.24) is 10.1 Å². The molecular weight excluding hydrogens is 230 g/mol. The second-order valence-corrected chi connectivity index (χ2v) is 4.77. The molecule has 1 aromatic rings. The van der Waals surface area contributed by atoms with Crippen LogP contribution in [0, 0.1) is 5.92 Å². The van der Waals surface area contributed by atoms with Gasteiger partial charge in [-0.3, -0.25) is 0 Å². The number of nitrogens with zero attached hydrogens (tertiary/aromatic N) is 2. The minimum absolute atomic E-state index is 0.0901. The highest BCUT2D eigenvalue weighted by Crippen LogP contribution is 2.36. The first-order chi connectivity index (χ1) is 8.06. The third kappa shape index (κ3) is 3.00. The van der Waals surface area contributed by atoms with Crippen LogP contribution in [0.15, 0.2) is 4.52 Å². The summed E-state index contributed by atoms with van der Waals surface area (Å²) in [6.45, 7) is 2.17. The van der Waals surface area contributed by atoms with Crippen LogP contribution in [-0.4, -0.2) is 27.8 Å². The van der Waals surface area contributed by atoms with Crippen LogP contribution in [0.5, 0.6) is 0 Å². The van der Waals surface area contributed by atoms with E-state index in [-0.39, 0.29) is 18.2 Å². The van der Waals surface area contributed by atoms with Gasteiger partial charge in [-0.15, -0.1) is 0 Å². The second kappa shape index (κ2) is 5.08. The maximum atomic E-state index is 12.1. The SMILES string of the molecule is CC1CCC(c2noc(CC(O)C(F)F)n2)C1. The van der Waals surface area contributed by atoms with Gasteiger partial charge in [0.1, 0.15) is 6.10 Å². The minimum atomic E-state index is -2.78. The summed E-state index contributed by atoms with van der Waals surface area (Å²) in [4.78, 5) is 4.08. The van der Waals surface area contributed by atoms with E-state index in [1.54, 1.807) is 0 Å². The highest BCUT2D eigenvalue weighted by atomic mass is 19.3. The molecule has 1 saturated carbocycles. The first-order valence-corrected chi connectivity index (χ1v) is 5.85. The summed E-state index contributed by atoms with van der Waals surface area (Å²) >= 11 is 0. The van der Waals surface area contributed by atoms with Crippen LogP contribution in [0.2, 0.25) is 0 Å². The summed E-state index contributed by atoms with van der Waals surface area (Å²) in [5, 5.41) is 12.8. The van der Waals surface area contributed by atoms with Crippen molar-refractivity contribution < 1.29 is 18.4 Å². The van der Waals surface area contributed by atoms with Crippen LogP contribution in [0.1, 0.15) is 43.8 Å². The second-order valence-electron chi connectivity index (χ2n) is 4.77. The van der Waals surface area contributed by atoms with Gasteiger partial charge in [0.05, 0.1) is 6.42 Å². The molecule has 0 radical (unpaired) electrons. The van der Waals surface area contributed by atoms with E-state index in [1.807, 2.05) is 0 Å². The number of aliphatic hydroxyl groups is 1. The molecule has 1 aliphatic rings. The quantitative estimate of drug-likeness (QED) is 0.884. The predicted octanol–water partition coefficient (Wildman–Crippen LogP) is 2.14. The highest BCUT2D eigenvalue weighted by Gasteiger charge is 2.28. The van der Waals surface area contributed by atoms with Crippen LogP contribution < -0.4 is 0 Å². The lowest BCUT2D eigenvalue weighted by atomic mass is 10.1. The maximum absolute atomic E-state index is 12.1. The summed E-state index contributed by atoms with van der Waals surface area (Å²) in [5.41, 5.74) is 0. The van der Waals surface area contributed by atoms with Gasteiger partial charge in [-0.05, 0) is 25.2 Å². The van der Waals surface area contributed by atoms with E-state index < -0.39 is 12.5 Å². The number of aliphatic hydroxyl groups excluding tert-OH is 1. The Bertz CT molecular complexity index is 370. The van der Waals surface area contributed by atoms with Crippen molar-refractivity contribution in [1.29, 1.82) is 0 Å². The Kier molecular flexibility index (Phi) is 3.71. The van der Waals surface area contributed by atoms with Crippen LogP contribution >= 0.6 is 0 Å². The number of alkyl halides is 2. The van der Waals surface area contributed by atoms with E-state index in [1.165, 1.54) is 0 Å². The molecule has 6 heteroatoms. The highest BCUT2D eigenvalue weighted by molar-refractivity contribution is 4.99. The molecule has 3 atom stereocenters. The standard InChI is InChI=1S/C11H16F2N2O2/c1-6-2-3-7(4-6)11-14-9(17-15-11)5-8(16)10(12)13/h6-8,10,16H,2-5H2,1H3. The van der Waals surface area contributed by atoms with Gasteiger partial charge in [-0.1, -0.05) is 12.1 Å². The fourth-order valence-corrected chi connectivity index (χ4v) is 2.23. The van der Waals surface area contributed by atoms with Gasteiger partial charge in [-0.25, -0.2) is 8.78 Å². The Morgan fingerprint density at radius 2 is 2.24 bits per heavy atom. The number of hydrogen-bond donors (Lipinski definition) is 1. The minimum Gasteiger partial charge on any atom is -0.387 e. The lowest BCUT2D eigenvalue weighted by molar-refractivity contribution is -0.00754.